The number of pyridine rings is 1. The van der Waals surface area contributed by atoms with Crippen LogP contribution >= 0.6 is 0 Å². The van der Waals surface area contributed by atoms with Gasteiger partial charge in [-0.2, -0.15) is 0 Å². The Kier molecular flexibility index (Phi) is 5.10. The van der Waals surface area contributed by atoms with Gasteiger partial charge in [-0.15, -0.1) is 0 Å². The second-order valence-corrected chi connectivity index (χ2v) is 4.72. The summed E-state index contributed by atoms with van der Waals surface area (Å²) >= 11 is 0. The predicted molar refractivity (Wildman–Crippen MR) is 76.1 cm³/mol. The third-order valence-corrected chi connectivity index (χ3v) is 3.23. The van der Waals surface area contributed by atoms with Crippen molar-refractivity contribution in [2.24, 2.45) is 5.73 Å². The topological polar surface area (TPSA) is 77.2 Å². The van der Waals surface area contributed by atoms with Gasteiger partial charge in [0.05, 0.1) is 24.3 Å². The Labute approximate surface area is 118 Å². The summed E-state index contributed by atoms with van der Waals surface area (Å²) in [6, 6.07) is 3.48. The number of aromatic nitrogens is 1. The van der Waals surface area contributed by atoms with Crippen molar-refractivity contribution in [3.63, 3.8) is 0 Å². The van der Waals surface area contributed by atoms with Crippen molar-refractivity contribution < 1.29 is 9.53 Å². The molecule has 0 aliphatic carbocycles. The van der Waals surface area contributed by atoms with E-state index < -0.39 is 0 Å². The van der Waals surface area contributed by atoms with Crippen LogP contribution in [-0.2, 0) is 4.74 Å². The van der Waals surface area contributed by atoms with Crippen LogP contribution in [0.1, 0.15) is 35.8 Å². The molecule has 5 nitrogen and oxygen atoms in total. The zero-order chi connectivity index (χ0) is 14.4. The van der Waals surface area contributed by atoms with Gasteiger partial charge in [-0.1, -0.05) is 11.8 Å². The van der Waals surface area contributed by atoms with E-state index in [1.165, 1.54) is 0 Å². The number of amides is 1. The summed E-state index contributed by atoms with van der Waals surface area (Å²) in [5.74, 6) is 5.38. The van der Waals surface area contributed by atoms with Crippen molar-refractivity contribution in [1.29, 1.82) is 0 Å². The maximum Gasteiger partial charge on any atom is 0.271 e. The zero-order valence-electron chi connectivity index (χ0n) is 11.6. The van der Waals surface area contributed by atoms with Crippen molar-refractivity contribution in [2.75, 3.05) is 13.2 Å². The van der Waals surface area contributed by atoms with Gasteiger partial charge in [0.1, 0.15) is 5.69 Å². The number of carbonyl (C=O) groups is 1. The van der Waals surface area contributed by atoms with E-state index in [1.54, 1.807) is 18.3 Å². The molecule has 0 aromatic carbocycles. The van der Waals surface area contributed by atoms with Gasteiger partial charge in [0, 0.05) is 12.8 Å². The van der Waals surface area contributed by atoms with Gasteiger partial charge in [-0.3, -0.25) is 4.79 Å². The predicted octanol–water partition coefficient (Wildman–Crippen LogP) is 0.689. The minimum Gasteiger partial charge on any atom is -0.376 e. The van der Waals surface area contributed by atoms with E-state index in [0.29, 0.717) is 11.3 Å². The van der Waals surface area contributed by atoms with Crippen LogP contribution in [0.25, 0.3) is 0 Å². The Bertz CT molecular complexity index is 527. The fraction of sp³-hybridized carbons (Fsp3) is 0.467. The molecule has 1 amide bonds. The molecule has 106 valence electrons. The molecule has 0 radical (unpaired) electrons. The van der Waals surface area contributed by atoms with Gasteiger partial charge in [0.15, 0.2) is 0 Å². The molecule has 2 atom stereocenters. The van der Waals surface area contributed by atoms with E-state index in [0.717, 1.165) is 19.4 Å². The molecular weight excluding hydrogens is 254 g/mol. The summed E-state index contributed by atoms with van der Waals surface area (Å²) in [5, 5.41) is 2.93. The monoisotopic (exact) mass is 273 g/mol. The van der Waals surface area contributed by atoms with Gasteiger partial charge in [0.25, 0.3) is 5.91 Å². The number of ether oxygens (including phenoxy) is 1. The van der Waals surface area contributed by atoms with Crippen molar-refractivity contribution >= 4 is 5.91 Å². The average molecular weight is 273 g/mol. The lowest BCUT2D eigenvalue weighted by molar-refractivity contribution is 0.0709. The van der Waals surface area contributed by atoms with Crippen molar-refractivity contribution in [3.8, 4) is 11.8 Å². The lowest BCUT2D eigenvalue weighted by Crippen LogP contribution is -2.41. The second-order valence-electron chi connectivity index (χ2n) is 4.72. The SMILES string of the molecule is CC(NC(=O)c1ncccc1C#CCN)C1CCCO1. The van der Waals surface area contributed by atoms with Crippen LogP contribution in [0.3, 0.4) is 0 Å². The van der Waals surface area contributed by atoms with Crippen molar-refractivity contribution in [2.45, 2.75) is 31.9 Å². The standard InChI is InChI=1S/C15H19N3O2/c1-11(13-7-4-10-20-13)18-15(19)14-12(5-2-8-16)6-3-9-17-14/h3,6,9,11,13H,4,7-8,10,16H2,1H3,(H,18,19). The van der Waals surface area contributed by atoms with Crippen LogP contribution in [0.5, 0.6) is 0 Å². The van der Waals surface area contributed by atoms with E-state index in [9.17, 15) is 4.79 Å². The summed E-state index contributed by atoms with van der Waals surface area (Å²) in [7, 11) is 0. The Morgan fingerprint density at radius 3 is 3.25 bits per heavy atom. The Hall–Kier alpha value is -1.90. The van der Waals surface area contributed by atoms with Gasteiger partial charge in [0.2, 0.25) is 0 Å². The highest BCUT2D eigenvalue weighted by Crippen LogP contribution is 2.16. The van der Waals surface area contributed by atoms with E-state index in [1.807, 2.05) is 6.92 Å². The smallest absolute Gasteiger partial charge is 0.271 e. The molecule has 2 heterocycles. The normalized spacial score (nSPS) is 19.0. The van der Waals surface area contributed by atoms with Crippen LogP contribution in [0.2, 0.25) is 0 Å². The molecule has 20 heavy (non-hydrogen) atoms. The quantitative estimate of drug-likeness (QED) is 0.794. The number of nitrogens with zero attached hydrogens (tertiary/aromatic N) is 1. The van der Waals surface area contributed by atoms with E-state index >= 15 is 0 Å². The lowest BCUT2D eigenvalue weighted by Gasteiger charge is -2.19. The summed E-state index contributed by atoms with van der Waals surface area (Å²) in [6.45, 7) is 2.96. The molecule has 2 rings (SSSR count). The third kappa shape index (κ3) is 3.56. The van der Waals surface area contributed by atoms with Crippen LogP contribution in [0.4, 0.5) is 0 Å². The third-order valence-electron chi connectivity index (χ3n) is 3.23. The van der Waals surface area contributed by atoms with Crippen LogP contribution < -0.4 is 11.1 Å². The van der Waals surface area contributed by atoms with E-state index in [-0.39, 0.29) is 24.6 Å². The zero-order valence-corrected chi connectivity index (χ0v) is 11.6. The highest BCUT2D eigenvalue weighted by molar-refractivity contribution is 5.94. The maximum absolute atomic E-state index is 12.3. The van der Waals surface area contributed by atoms with Gasteiger partial charge >= 0.3 is 0 Å². The molecule has 0 bridgehead atoms. The molecular formula is C15H19N3O2. The van der Waals surface area contributed by atoms with Crippen LogP contribution in [0, 0.1) is 11.8 Å². The molecule has 1 aromatic rings. The first-order chi connectivity index (χ1) is 9.72. The number of hydrogen-bond acceptors (Lipinski definition) is 4. The summed E-state index contributed by atoms with van der Waals surface area (Å²) in [4.78, 5) is 16.4. The molecule has 1 aromatic heterocycles. The Morgan fingerprint density at radius 2 is 2.55 bits per heavy atom. The number of rotatable bonds is 3. The summed E-state index contributed by atoms with van der Waals surface area (Å²) in [6.07, 6.45) is 3.69. The number of carbonyl (C=O) groups excluding carboxylic acids is 1. The molecule has 5 heteroatoms. The first-order valence-corrected chi connectivity index (χ1v) is 6.79. The fourth-order valence-corrected chi connectivity index (χ4v) is 2.20. The summed E-state index contributed by atoms with van der Waals surface area (Å²) in [5.41, 5.74) is 6.28. The molecule has 0 spiro atoms. The first kappa shape index (κ1) is 14.5. The molecule has 3 N–H and O–H groups in total. The molecule has 1 aliphatic heterocycles. The molecule has 1 saturated heterocycles. The largest absolute Gasteiger partial charge is 0.376 e. The van der Waals surface area contributed by atoms with Gasteiger partial charge < -0.3 is 15.8 Å². The summed E-state index contributed by atoms with van der Waals surface area (Å²) < 4.78 is 5.57. The highest BCUT2D eigenvalue weighted by atomic mass is 16.5. The molecule has 0 saturated carbocycles. The molecule has 1 fully saturated rings. The first-order valence-electron chi connectivity index (χ1n) is 6.79. The van der Waals surface area contributed by atoms with E-state index in [2.05, 4.69) is 22.1 Å². The van der Waals surface area contributed by atoms with Crippen molar-refractivity contribution in [3.05, 3.63) is 29.6 Å². The molecule has 1 aliphatic rings. The second kappa shape index (κ2) is 7.04. The van der Waals surface area contributed by atoms with E-state index in [4.69, 9.17) is 10.5 Å². The van der Waals surface area contributed by atoms with Crippen LogP contribution in [0.15, 0.2) is 18.3 Å². The fourth-order valence-electron chi connectivity index (χ4n) is 2.20. The van der Waals surface area contributed by atoms with Gasteiger partial charge in [-0.05, 0) is 31.9 Å². The Morgan fingerprint density at radius 1 is 1.70 bits per heavy atom. The minimum absolute atomic E-state index is 0.0395. The average Bonchev–Trinajstić information content (AvgIpc) is 2.99. The maximum atomic E-state index is 12.3. The molecule has 2 unspecified atom stereocenters. The number of hydrogen-bond donors (Lipinski definition) is 2. The van der Waals surface area contributed by atoms with Crippen molar-refractivity contribution in [1.82, 2.24) is 10.3 Å². The Balaban J connectivity index is 2.08. The highest BCUT2D eigenvalue weighted by Gasteiger charge is 2.24. The minimum atomic E-state index is -0.227. The number of nitrogens with two attached hydrogens (primary N) is 1. The lowest BCUT2D eigenvalue weighted by atomic mass is 10.1. The number of nitrogens with one attached hydrogen (secondary N) is 1. The van der Waals surface area contributed by atoms with Gasteiger partial charge in [-0.25, -0.2) is 4.98 Å². The van der Waals surface area contributed by atoms with Crippen LogP contribution in [-0.4, -0.2) is 36.2 Å².